The number of fused-ring (bicyclic) bond motifs is 1. The minimum atomic E-state index is 0.0193. The van der Waals surface area contributed by atoms with Crippen LogP contribution in [0, 0.1) is 0 Å². The van der Waals surface area contributed by atoms with Crippen molar-refractivity contribution in [2.45, 2.75) is 25.6 Å². The molecular formula is C14H17N5O. The van der Waals surface area contributed by atoms with Gasteiger partial charge in [0.15, 0.2) is 0 Å². The van der Waals surface area contributed by atoms with Gasteiger partial charge in [0.1, 0.15) is 0 Å². The number of pyridine rings is 1. The molecule has 0 aromatic carbocycles. The van der Waals surface area contributed by atoms with Crippen molar-refractivity contribution in [1.29, 1.82) is 0 Å². The molecule has 0 unspecified atom stereocenters. The van der Waals surface area contributed by atoms with E-state index < -0.39 is 0 Å². The van der Waals surface area contributed by atoms with Crippen LogP contribution in [0.4, 0.5) is 0 Å². The highest BCUT2D eigenvalue weighted by atomic mass is 16.1. The first-order valence-corrected chi connectivity index (χ1v) is 6.72. The summed E-state index contributed by atoms with van der Waals surface area (Å²) in [7, 11) is 0. The van der Waals surface area contributed by atoms with Crippen LogP contribution >= 0.6 is 0 Å². The number of amides is 1. The van der Waals surface area contributed by atoms with Crippen LogP contribution in [0.2, 0.25) is 0 Å². The van der Waals surface area contributed by atoms with Gasteiger partial charge in [-0.2, -0.15) is 5.10 Å². The molecule has 3 heterocycles. The standard InChI is InChI=1S/C14H17N5O/c20-14(17-8-11-3-1-2-5-16-11)7-13-10-15-9-12-4-6-18-19(12)13/h1-6,13,15H,7-10H2,(H,17,20)/t13-/m1/s1. The number of nitrogens with zero attached hydrogens (tertiary/aromatic N) is 3. The molecule has 0 fully saturated rings. The first-order valence-electron chi connectivity index (χ1n) is 6.72. The van der Waals surface area contributed by atoms with Crippen LogP contribution in [0.3, 0.4) is 0 Å². The third-order valence-corrected chi connectivity index (χ3v) is 3.40. The summed E-state index contributed by atoms with van der Waals surface area (Å²) >= 11 is 0. The highest BCUT2D eigenvalue weighted by Gasteiger charge is 2.22. The topological polar surface area (TPSA) is 71.8 Å². The van der Waals surface area contributed by atoms with E-state index in [0.717, 1.165) is 24.5 Å². The average Bonchev–Trinajstić information content (AvgIpc) is 2.96. The summed E-state index contributed by atoms with van der Waals surface area (Å²) in [5, 5.41) is 10.5. The molecule has 20 heavy (non-hydrogen) atoms. The number of nitrogens with one attached hydrogen (secondary N) is 2. The molecule has 3 rings (SSSR count). The second kappa shape index (κ2) is 5.83. The van der Waals surface area contributed by atoms with Crippen LogP contribution < -0.4 is 10.6 Å². The molecule has 0 saturated heterocycles. The molecule has 0 bridgehead atoms. The van der Waals surface area contributed by atoms with Gasteiger partial charge in [-0.05, 0) is 18.2 Å². The van der Waals surface area contributed by atoms with Gasteiger partial charge in [0.25, 0.3) is 0 Å². The van der Waals surface area contributed by atoms with E-state index in [-0.39, 0.29) is 11.9 Å². The minimum absolute atomic E-state index is 0.0193. The minimum Gasteiger partial charge on any atom is -0.350 e. The van der Waals surface area contributed by atoms with Gasteiger partial charge in [-0.25, -0.2) is 0 Å². The Kier molecular flexibility index (Phi) is 3.73. The molecular weight excluding hydrogens is 254 g/mol. The van der Waals surface area contributed by atoms with Gasteiger partial charge in [-0.15, -0.1) is 0 Å². The van der Waals surface area contributed by atoms with Crippen molar-refractivity contribution in [3.05, 3.63) is 48.0 Å². The van der Waals surface area contributed by atoms with Gasteiger partial charge in [0, 0.05) is 25.5 Å². The number of aromatic nitrogens is 3. The zero-order valence-electron chi connectivity index (χ0n) is 11.1. The molecule has 0 spiro atoms. The zero-order valence-corrected chi connectivity index (χ0v) is 11.1. The van der Waals surface area contributed by atoms with Crippen molar-refractivity contribution in [3.8, 4) is 0 Å². The van der Waals surface area contributed by atoms with E-state index in [1.807, 2.05) is 28.9 Å². The summed E-state index contributed by atoms with van der Waals surface area (Å²) in [6.07, 6.45) is 3.93. The molecule has 0 saturated carbocycles. The molecule has 2 aromatic rings. The smallest absolute Gasteiger partial charge is 0.222 e. The normalized spacial score (nSPS) is 17.5. The molecule has 2 aromatic heterocycles. The van der Waals surface area contributed by atoms with Crippen molar-refractivity contribution < 1.29 is 4.79 Å². The number of hydrogen-bond donors (Lipinski definition) is 2. The fourth-order valence-electron chi connectivity index (χ4n) is 2.40. The average molecular weight is 271 g/mol. The number of carbonyl (C=O) groups is 1. The molecule has 6 heteroatoms. The van der Waals surface area contributed by atoms with E-state index in [4.69, 9.17) is 0 Å². The molecule has 0 aliphatic carbocycles. The molecule has 104 valence electrons. The van der Waals surface area contributed by atoms with Crippen LogP contribution in [-0.4, -0.2) is 27.2 Å². The van der Waals surface area contributed by atoms with Gasteiger partial charge in [-0.1, -0.05) is 6.07 Å². The fourth-order valence-corrected chi connectivity index (χ4v) is 2.40. The lowest BCUT2D eigenvalue weighted by molar-refractivity contribution is -0.122. The zero-order chi connectivity index (χ0) is 13.8. The van der Waals surface area contributed by atoms with Crippen molar-refractivity contribution in [1.82, 2.24) is 25.4 Å². The van der Waals surface area contributed by atoms with E-state index in [0.29, 0.717) is 13.0 Å². The summed E-state index contributed by atoms with van der Waals surface area (Å²) in [4.78, 5) is 16.2. The van der Waals surface area contributed by atoms with Gasteiger partial charge >= 0.3 is 0 Å². The lowest BCUT2D eigenvalue weighted by Crippen LogP contribution is -2.37. The number of carbonyl (C=O) groups excluding carboxylic acids is 1. The van der Waals surface area contributed by atoms with Gasteiger partial charge in [0.05, 0.1) is 30.4 Å². The van der Waals surface area contributed by atoms with Gasteiger partial charge < -0.3 is 10.6 Å². The predicted octanol–water partition coefficient (Wildman–Crippen LogP) is 0.629. The molecule has 1 aliphatic heterocycles. The third kappa shape index (κ3) is 2.85. The van der Waals surface area contributed by atoms with E-state index in [2.05, 4.69) is 20.7 Å². The number of hydrogen-bond acceptors (Lipinski definition) is 4. The summed E-state index contributed by atoms with van der Waals surface area (Å²) in [6, 6.07) is 7.73. The monoisotopic (exact) mass is 271 g/mol. The van der Waals surface area contributed by atoms with Crippen molar-refractivity contribution in [2.75, 3.05) is 6.54 Å². The van der Waals surface area contributed by atoms with Crippen LogP contribution in [0.15, 0.2) is 36.7 Å². The Morgan fingerprint density at radius 3 is 3.20 bits per heavy atom. The van der Waals surface area contributed by atoms with Crippen LogP contribution in [0.25, 0.3) is 0 Å². The number of rotatable bonds is 4. The first-order chi connectivity index (χ1) is 9.83. The summed E-state index contributed by atoms with van der Waals surface area (Å²) in [5.74, 6) is 0.0193. The largest absolute Gasteiger partial charge is 0.350 e. The molecule has 1 atom stereocenters. The lowest BCUT2D eigenvalue weighted by Gasteiger charge is -2.25. The SMILES string of the molecule is O=C(C[C@@H]1CNCc2ccnn21)NCc1ccccn1. The van der Waals surface area contributed by atoms with Crippen LogP contribution in [-0.2, 0) is 17.9 Å². The molecule has 6 nitrogen and oxygen atoms in total. The van der Waals surface area contributed by atoms with E-state index in [1.165, 1.54) is 0 Å². The van der Waals surface area contributed by atoms with Crippen molar-refractivity contribution in [2.24, 2.45) is 0 Å². The molecule has 1 aliphatic rings. The Labute approximate surface area is 117 Å². The summed E-state index contributed by atoms with van der Waals surface area (Å²) in [5.41, 5.74) is 1.99. The third-order valence-electron chi connectivity index (χ3n) is 3.40. The van der Waals surface area contributed by atoms with E-state index in [9.17, 15) is 4.79 Å². The Hall–Kier alpha value is -2.21. The molecule has 1 amide bonds. The highest BCUT2D eigenvalue weighted by Crippen LogP contribution is 2.17. The van der Waals surface area contributed by atoms with Gasteiger partial charge in [-0.3, -0.25) is 14.5 Å². The highest BCUT2D eigenvalue weighted by molar-refractivity contribution is 5.76. The maximum Gasteiger partial charge on any atom is 0.222 e. The quantitative estimate of drug-likeness (QED) is 0.855. The second-order valence-electron chi connectivity index (χ2n) is 4.85. The Bertz CT molecular complexity index is 580. The molecule has 0 radical (unpaired) electrons. The summed E-state index contributed by atoms with van der Waals surface area (Å²) in [6.45, 7) is 2.05. The van der Waals surface area contributed by atoms with Crippen molar-refractivity contribution in [3.63, 3.8) is 0 Å². The predicted molar refractivity (Wildman–Crippen MR) is 73.7 cm³/mol. The second-order valence-corrected chi connectivity index (χ2v) is 4.85. The molecule has 2 N–H and O–H groups in total. The van der Waals surface area contributed by atoms with Crippen LogP contribution in [0.5, 0.6) is 0 Å². The lowest BCUT2D eigenvalue weighted by atomic mass is 10.1. The summed E-state index contributed by atoms with van der Waals surface area (Å²) < 4.78 is 1.94. The Morgan fingerprint density at radius 2 is 2.35 bits per heavy atom. The maximum absolute atomic E-state index is 12.0. The van der Waals surface area contributed by atoms with E-state index >= 15 is 0 Å². The maximum atomic E-state index is 12.0. The fraction of sp³-hybridized carbons (Fsp3) is 0.357. The van der Waals surface area contributed by atoms with Gasteiger partial charge in [0.2, 0.25) is 5.91 Å². The van der Waals surface area contributed by atoms with E-state index in [1.54, 1.807) is 12.4 Å². The Morgan fingerprint density at radius 1 is 1.40 bits per heavy atom. The Balaban J connectivity index is 1.55. The first kappa shape index (κ1) is 12.8. The van der Waals surface area contributed by atoms with Crippen LogP contribution in [0.1, 0.15) is 23.9 Å². The van der Waals surface area contributed by atoms with Crippen molar-refractivity contribution >= 4 is 5.91 Å².